The summed E-state index contributed by atoms with van der Waals surface area (Å²) in [5.74, 6) is 1.65. The SMILES string of the molecule is O=c1nc(N2CCCc3c2ccnc3C#CC2(C(F)(F)F)CC2)c2c(F)c(F)ccc2n1C(O)(O)O. The highest BCUT2D eigenvalue weighted by Gasteiger charge is 2.62. The Morgan fingerprint density at radius 3 is 2.44 bits per heavy atom. The van der Waals surface area contributed by atoms with Crippen molar-refractivity contribution >= 4 is 22.4 Å². The Kier molecular flexibility index (Phi) is 5.33. The molecule has 188 valence electrons. The van der Waals surface area contributed by atoms with E-state index in [0.717, 1.165) is 6.07 Å². The number of hydrogen-bond acceptors (Lipinski definition) is 7. The van der Waals surface area contributed by atoms with Crippen molar-refractivity contribution in [1.29, 1.82) is 0 Å². The molecule has 0 spiro atoms. The molecule has 2 aliphatic rings. The van der Waals surface area contributed by atoms with Crippen LogP contribution in [0.4, 0.5) is 33.5 Å². The highest BCUT2D eigenvalue weighted by Crippen LogP contribution is 2.57. The second-order valence-electron chi connectivity index (χ2n) is 8.65. The van der Waals surface area contributed by atoms with Crippen molar-refractivity contribution in [2.75, 3.05) is 11.4 Å². The number of rotatable bonds is 2. The monoisotopic (exact) mass is 508 g/mol. The van der Waals surface area contributed by atoms with Gasteiger partial charge in [0.2, 0.25) is 0 Å². The Labute approximate surface area is 199 Å². The first-order valence-electron chi connectivity index (χ1n) is 10.8. The highest BCUT2D eigenvalue weighted by molar-refractivity contribution is 5.93. The average molecular weight is 508 g/mol. The van der Waals surface area contributed by atoms with E-state index in [1.54, 1.807) is 0 Å². The molecule has 5 rings (SSSR count). The zero-order chi connectivity index (χ0) is 26.0. The maximum Gasteiger partial charge on any atom is 0.405 e. The van der Waals surface area contributed by atoms with Crippen molar-refractivity contribution < 1.29 is 37.3 Å². The molecule has 13 heteroatoms. The van der Waals surface area contributed by atoms with E-state index in [-0.39, 0.29) is 35.5 Å². The van der Waals surface area contributed by atoms with Gasteiger partial charge in [-0.05, 0) is 49.8 Å². The van der Waals surface area contributed by atoms with E-state index in [0.29, 0.717) is 30.2 Å². The summed E-state index contributed by atoms with van der Waals surface area (Å²) in [5, 5.41) is 28.2. The van der Waals surface area contributed by atoms with Gasteiger partial charge >= 0.3 is 18.0 Å². The van der Waals surface area contributed by atoms with Gasteiger partial charge in [0.05, 0.1) is 10.9 Å². The predicted octanol–water partition coefficient (Wildman–Crippen LogP) is 2.39. The smallest absolute Gasteiger partial charge is 0.325 e. The second kappa shape index (κ2) is 7.95. The number of benzene rings is 1. The molecule has 8 nitrogen and oxygen atoms in total. The molecule has 0 atom stereocenters. The van der Waals surface area contributed by atoms with Crippen LogP contribution in [0.3, 0.4) is 0 Å². The molecular weight excluding hydrogens is 491 g/mol. The number of aromatic nitrogens is 3. The van der Waals surface area contributed by atoms with Gasteiger partial charge in [0, 0.05) is 24.0 Å². The van der Waals surface area contributed by atoms with Crippen molar-refractivity contribution in [3.63, 3.8) is 0 Å². The number of pyridine rings is 1. The molecule has 0 amide bonds. The largest absolute Gasteiger partial charge is 0.405 e. The second-order valence-corrected chi connectivity index (χ2v) is 8.65. The normalized spacial score (nSPS) is 16.9. The average Bonchev–Trinajstić information content (AvgIpc) is 3.60. The molecule has 0 bridgehead atoms. The molecule has 1 fully saturated rings. The van der Waals surface area contributed by atoms with Gasteiger partial charge in [-0.25, -0.2) is 23.1 Å². The van der Waals surface area contributed by atoms with Crippen LogP contribution in [0, 0.1) is 28.9 Å². The molecule has 1 aliphatic heterocycles. The summed E-state index contributed by atoms with van der Waals surface area (Å²) in [7, 11) is 0. The van der Waals surface area contributed by atoms with Gasteiger partial charge in [-0.3, -0.25) is 0 Å². The third-order valence-electron chi connectivity index (χ3n) is 6.33. The van der Waals surface area contributed by atoms with Crippen LogP contribution in [0.2, 0.25) is 0 Å². The Hall–Kier alpha value is -3.60. The molecule has 0 radical (unpaired) electrons. The molecule has 2 aromatic heterocycles. The van der Waals surface area contributed by atoms with Crippen molar-refractivity contribution in [3.8, 4) is 11.8 Å². The summed E-state index contributed by atoms with van der Waals surface area (Å²) in [5.41, 5.74) is -3.17. The van der Waals surface area contributed by atoms with Gasteiger partial charge in [0.1, 0.15) is 11.1 Å². The summed E-state index contributed by atoms with van der Waals surface area (Å²) in [6.07, 6.45) is -6.42. The number of hydrogen-bond donors (Lipinski definition) is 3. The molecule has 1 saturated carbocycles. The predicted molar refractivity (Wildman–Crippen MR) is 115 cm³/mol. The van der Waals surface area contributed by atoms with Crippen LogP contribution >= 0.6 is 0 Å². The Bertz CT molecular complexity index is 1510. The van der Waals surface area contributed by atoms with Gasteiger partial charge in [-0.2, -0.15) is 18.2 Å². The fraction of sp³-hybridized carbons (Fsp3) is 0.348. The standard InChI is InChI=1S/C23H17F5N4O4/c24-13-3-4-16-17(18(13)25)19(30-20(33)32(16)23(34,35)36)31-11-1-2-12-14(29-10-6-15(12)31)5-7-21(8-9-21)22(26,27)28/h3-4,6,10,34-36H,1-2,8-9,11H2. The minimum atomic E-state index is -4.48. The maximum atomic E-state index is 15.0. The summed E-state index contributed by atoms with van der Waals surface area (Å²) in [6, 6.07) is 2.98. The van der Waals surface area contributed by atoms with E-state index in [1.807, 2.05) is 0 Å². The number of alkyl halides is 3. The van der Waals surface area contributed by atoms with E-state index >= 15 is 0 Å². The van der Waals surface area contributed by atoms with Crippen LogP contribution in [-0.2, 0) is 12.5 Å². The topological polar surface area (TPSA) is 112 Å². The fourth-order valence-corrected chi connectivity index (χ4v) is 4.35. The number of anilines is 2. The van der Waals surface area contributed by atoms with Gasteiger partial charge in [0.25, 0.3) is 0 Å². The van der Waals surface area contributed by atoms with Crippen LogP contribution in [0.1, 0.15) is 30.5 Å². The highest BCUT2D eigenvalue weighted by atomic mass is 19.4. The van der Waals surface area contributed by atoms with Crippen LogP contribution < -0.4 is 10.6 Å². The quantitative estimate of drug-likeness (QED) is 0.277. The van der Waals surface area contributed by atoms with E-state index in [2.05, 4.69) is 21.8 Å². The van der Waals surface area contributed by atoms with Crippen LogP contribution in [0.25, 0.3) is 10.9 Å². The minimum Gasteiger partial charge on any atom is -0.325 e. The Balaban J connectivity index is 1.70. The Morgan fingerprint density at radius 1 is 1.08 bits per heavy atom. The van der Waals surface area contributed by atoms with Crippen molar-refractivity contribution in [2.45, 2.75) is 38.0 Å². The van der Waals surface area contributed by atoms with Crippen LogP contribution in [0.5, 0.6) is 0 Å². The summed E-state index contributed by atoms with van der Waals surface area (Å²) in [4.78, 5) is 21.8. The van der Waals surface area contributed by atoms with Gasteiger partial charge < -0.3 is 20.2 Å². The Morgan fingerprint density at radius 2 is 1.81 bits per heavy atom. The zero-order valence-corrected chi connectivity index (χ0v) is 18.3. The molecule has 3 aromatic rings. The molecule has 36 heavy (non-hydrogen) atoms. The third kappa shape index (κ3) is 3.78. The third-order valence-corrected chi connectivity index (χ3v) is 6.33. The molecule has 3 heterocycles. The van der Waals surface area contributed by atoms with E-state index < -0.39 is 45.9 Å². The molecule has 0 unspecified atom stereocenters. The molecule has 1 aromatic carbocycles. The molecule has 0 saturated heterocycles. The molecular formula is C23H17F5N4O4. The molecule has 3 N–H and O–H groups in total. The lowest BCUT2D eigenvalue weighted by molar-refractivity contribution is -0.374. The minimum absolute atomic E-state index is 0.0190. The van der Waals surface area contributed by atoms with Gasteiger partial charge in [-0.1, -0.05) is 5.92 Å². The fourth-order valence-electron chi connectivity index (χ4n) is 4.35. The first-order chi connectivity index (χ1) is 16.8. The van der Waals surface area contributed by atoms with E-state index in [9.17, 15) is 42.1 Å². The van der Waals surface area contributed by atoms with Gasteiger partial charge in [-0.15, -0.1) is 0 Å². The van der Waals surface area contributed by atoms with E-state index in [4.69, 9.17) is 0 Å². The van der Waals surface area contributed by atoms with Crippen LogP contribution in [-0.4, -0.2) is 42.6 Å². The van der Waals surface area contributed by atoms with Crippen molar-refractivity contribution in [1.82, 2.24) is 14.5 Å². The van der Waals surface area contributed by atoms with E-state index in [1.165, 1.54) is 17.2 Å². The summed E-state index contributed by atoms with van der Waals surface area (Å²) in [6.45, 7) is 0.153. The summed E-state index contributed by atoms with van der Waals surface area (Å²) >= 11 is 0. The van der Waals surface area contributed by atoms with Crippen molar-refractivity contribution in [2.24, 2.45) is 5.41 Å². The van der Waals surface area contributed by atoms with Crippen molar-refractivity contribution in [3.05, 3.63) is 57.8 Å². The lowest BCUT2D eigenvalue weighted by Crippen LogP contribution is -2.43. The lowest BCUT2D eigenvalue weighted by atomic mass is 9.99. The number of fused-ring (bicyclic) bond motifs is 2. The number of halogens is 5. The lowest BCUT2D eigenvalue weighted by Gasteiger charge is -2.32. The van der Waals surface area contributed by atoms with Gasteiger partial charge in [0.15, 0.2) is 17.5 Å². The summed E-state index contributed by atoms with van der Waals surface area (Å²) < 4.78 is 69.1. The zero-order valence-electron chi connectivity index (χ0n) is 18.3. The first-order valence-corrected chi connectivity index (χ1v) is 10.8. The first kappa shape index (κ1) is 24.1. The number of aliphatic hydroxyl groups is 3. The molecule has 1 aliphatic carbocycles. The number of nitrogens with zero attached hydrogens (tertiary/aromatic N) is 4. The van der Waals surface area contributed by atoms with Crippen LogP contribution in [0.15, 0.2) is 29.2 Å². The maximum absolute atomic E-state index is 15.0.